The number of hydrogen-bond donors (Lipinski definition) is 2. The molecule has 1 heterocycles. The summed E-state index contributed by atoms with van der Waals surface area (Å²) in [4.78, 5) is 21.2. The van der Waals surface area contributed by atoms with E-state index in [1.54, 1.807) is 0 Å². The van der Waals surface area contributed by atoms with Crippen LogP contribution < -0.4 is 10.6 Å². The Bertz CT molecular complexity index is 722. The highest BCUT2D eigenvalue weighted by atomic mass is 16.1. The second kappa shape index (κ2) is 7.64. The van der Waals surface area contributed by atoms with Gasteiger partial charge in [0.15, 0.2) is 0 Å². The van der Waals surface area contributed by atoms with E-state index in [0.29, 0.717) is 23.5 Å². The Balaban J connectivity index is 1.64. The fourth-order valence-electron chi connectivity index (χ4n) is 3.40. The number of hydrogen-bond acceptors (Lipinski definition) is 4. The number of rotatable bonds is 4. The smallest absolute Gasteiger partial charge is 0.251 e. The van der Waals surface area contributed by atoms with E-state index in [4.69, 9.17) is 0 Å². The molecule has 2 unspecified atom stereocenters. The third-order valence-electron chi connectivity index (χ3n) is 4.81. The highest BCUT2D eigenvalue weighted by Crippen LogP contribution is 2.24. The van der Waals surface area contributed by atoms with E-state index >= 15 is 0 Å². The van der Waals surface area contributed by atoms with E-state index in [0.717, 1.165) is 23.5 Å². The van der Waals surface area contributed by atoms with Crippen LogP contribution >= 0.6 is 0 Å². The van der Waals surface area contributed by atoms with Crippen molar-refractivity contribution >= 4 is 17.5 Å². The van der Waals surface area contributed by atoms with Gasteiger partial charge in [0, 0.05) is 28.7 Å². The summed E-state index contributed by atoms with van der Waals surface area (Å²) in [6.07, 6.45) is 4.75. The lowest BCUT2D eigenvalue weighted by molar-refractivity contribution is 0.0910. The first kappa shape index (κ1) is 17.4. The van der Waals surface area contributed by atoms with Crippen LogP contribution in [-0.4, -0.2) is 21.9 Å². The predicted molar refractivity (Wildman–Crippen MR) is 100 cm³/mol. The van der Waals surface area contributed by atoms with Crippen molar-refractivity contribution in [1.82, 2.24) is 15.3 Å². The topological polar surface area (TPSA) is 66.9 Å². The first-order valence-corrected chi connectivity index (χ1v) is 9.01. The predicted octanol–water partition coefficient (Wildman–Crippen LogP) is 4.15. The van der Waals surface area contributed by atoms with Crippen LogP contribution in [0.5, 0.6) is 0 Å². The first-order valence-electron chi connectivity index (χ1n) is 9.01. The summed E-state index contributed by atoms with van der Waals surface area (Å²) in [5.41, 5.74) is 3.40. The van der Waals surface area contributed by atoms with Gasteiger partial charge in [-0.25, -0.2) is 9.97 Å². The largest absolute Gasteiger partial charge is 0.349 e. The van der Waals surface area contributed by atoms with Crippen molar-refractivity contribution < 1.29 is 4.79 Å². The molecule has 0 bridgehead atoms. The van der Waals surface area contributed by atoms with Gasteiger partial charge in [0.2, 0.25) is 5.95 Å². The number of benzene rings is 1. The van der Waals surface area contributed by atoms with Crippen LogP contribution in [0, 0.1) is 19.8 Å². The van der Waals surface area contributed by atoms with Crippen LogP contribution in [-0.2, 0) is 0 Å². The van der Waals surface area contributed by atoms with Gasteiger partial charge in [-0.15, -0.1) is 0 Å². The van der Waals surface area contributed by atoms with E-state index in [1.807, 2.05) is 44.2 Å². The Morgan fingerprint density at radius 2 is 1.68 bits per heavy atom. The summed E-state index contributed by atoms with van der Waals surface area (Å²) in [6.45, 7) is 6.11. The molecule has 132 valence electrons. The summed E-state index contributed by atoms with van der Waals surface area (Å²) >= 11 is 0. The van der Waals surface area contributed by atoms with Crippen molar-refractivity contribution in [1.29, 1.82) is 0 Å². The number of anilines is 2. The number of aromatic nitrogens is 2. The van der Waals surface area contributed by atoms with E-state index in [1.165, 1.54) is 19.3 Å². The van der Waals surface area contributed by atoms with Gasteiger partial charge < -0.3 is 10.6 Å². The molecule has 25 heavy (non-hydrogen) atoms. The standard InChI is InChI=1S/C20H26N4O/c1-13-6-4-5-7-18(13)24-19(25)16-8-10-17(11-9-16)23-20-21-14(2)12-15(3)22-20/h8-13,18H,4-7H2,1-3H3,(H,24,25)(H,21,22,23). The van der Waals surface area contributed by atoms with Gasteiger partial charge in [-0.1, -0.05) is 19.8 Å². The van der Waals surface area contributed by atoms with Gasteiger partial charge in [-0.2, -0.15) is 0 Å². The van der Waals surface area contributed by atoms with Crippen LogP contribution in [0.3, 0.4) is 0 Å². The molecule has 3 rings (SSSR count). The average molecular weight is 338 g/mol. The molecule has 1 saturated carbocycles. The number of nitrogens with zero attached hydrogens (tertiary/aromatic N) is 2. The molecule has 2 atom stereocenters. The molecule has 2 N–H and O–H groups in total. The maximum absolute atomic E-state index is 12.5. The minimum atomic E-state index is 0.00736. The minimum Gasteiger partial charge on any atom is -0.349 e. The van der Waals surface area contributed by atoms with E-state index < -0.39 is 0 Å². The van der Waals surface area contributed by atoms with Crippen LogP contribution in [0.2, 0.25) is 0 Å². The van der Waals surface area contributed by atoms with Gasteiger partial charge in [-0.05, 0) is 62.9 Å². The molecule has 5 nitrogen and oxygen atoms in total. The molecule has 0 aliphatic heterocycles. The SMILES string of the molecule is Cc1cc(C)nc(Nc2ccc(C(=O)NC3CCCCC3C)cc2)n1. The Labute approximate surface area is 149 Å². The van der Waals surface area contributed by atoms with Gasteiger partial charge in [-0.3, -0.25) is 4.79 Å². The molecule has 0 radical (unpaired) electrons. The van der Waals surface area contributed by atoms with Gasteiger partial charge in [0.1, 0.15) is 0 Å². The molecular weight excluding hydrogens is 312 g/mol. The molecule has 1 aliphatic carbocycles. The Morgan fingerprint density at radius 1 is 1.04 bits per heavy atom. The molecule has 1 amide bonds. The van der Waals surface area contributed by atoms with Crippen molar-refractivity contribution in [2.45, 2.75) is 52.5 Å². The average Bonchev–Trinajstić information content (AvgIpc) is 2.56. The second-order valence-electron chi connectivity index (χ2n) is 7.02. The fraction of sp³-hybridized carbons (Fsp3) is 0.450. The summed E-state index contributed by atoms with van der Waals surface area (Å²) in [7, 11) is 0. The molecule has 2 aromatic rings. The summed E-state index contributed by atoms with van der Waals surface area (Å²) in [5.74, 6) is 1.14. The monoisotopic (exact) mass is 338 g/mol. The Kier molecular flexibility index (Phi) is 5.31. The van der Waals surface area contributed by atoms with Gasteiger partial charge in [0.25, 0.3) is 5.91 Å². The zero-order valence-corrected chi connectivity index (χ0v) is 15.2. The van der Waals surface area contributed by atoms with E-state index in [9.17, 15) is 4.79 Å². The maximum atomic E-state index is 12.5. The molecule has 0 saturated heterocycles. The van der Waals surface area contributed by atoms with Gasteiger partial charge >= 0.3 is 0 Å². The summed E-state index contributed by atoms with van der Waals surface area (Å²) in [5, 5.41) is 6.37. The number of amides is 1. The molecule has 5 heteroatoms. The van der Waals surface area contributed by atoms with Crippen molar-refractivity contribution in [3.63, 3.8) is 0 Å². The minimum absolute atomic E-state index is 0.00736. The maximum Gasteiger partial charge on any atom is 0.251 e. The molecule has 1 fully saturated rings. The molecular formula is C20H26N4O. The summed E-state index contributed by atoms with van der Waals surface area (Å²) in [6, 6.07) is 9.69. The van der Waals surface area contributed by atoms with Crippen LogP contribution in [0.4, 0.5) is 11.6 Å². The lowest BCUT2D eigenvalue weighted by atomic mass is 9.86. The van der Waals surface area contributed by atoms with Gasteiger partial charge in [0.05, 0.1) is 0 Å². The van der Waals surface area contributed by atoms with Crippen LogP contribution in [0.15, 0.2) is 30.3 Å². The Morgan fingerprint density at radius 3 is 2.32 bits per heavy atom. The molecule has 1 aliphatic rings. The normalized spacial score (nSPS) is 20.1. The number of aryl methyl sites for hydroxylation is 2. The molecule has 1 aromatic carbocycles. The van der Waals surface area contributed by atoms with Crippen molar-refractivity contribution in [3.05, 3.63) is 47.3 Å². The second-order valence-corrected chi connectivity index (χ2v) is 7.02. The van der Waals surface area contributed by atoms with Crippen LogP contribution in [0.25, 0.3) is 0 Å². The molecule has 0 spiro atoms. The third-order valence-corrected chi connectivity index (χ3v) is 4.81. The summed E-state index contributed by atoms with van der Waals surface area (Å²) < 4.78 is 0. The zero-order valence-electron chi connectivity index (χ0n) is 15.2. The third kappa shape index (κ3) is 4.56. The molecule has 1 aromatic heterocycles. The zero-order chi connectivity index (χ0) is 17.8. The highest BCUT2D eigenvalue weighted by Gasteiger charge is 2.23. The Hall–Kier alpha value is -2.43. The van der Waals surface area contributed by atoms with Crippen molar-refractivity contribution in [2.24, 2.45) is 5.92 Å². The number of nitrogens with one attached hydrogen (secondary N) is 2. The quantitative estimate of drug-likeness (QED) is 0.879. The fourth-order valence-corrected chi connectivity index (χ4v) is 3.40. The lowest BCUT2D eigenvalue weighted by Gasteiger charge is -2.29. The number of carbonyl (C=O) groups excluding carboxylic acids is 1. The van der Waals surface area contributed by atoms with Crippen molar-refractivity contribution in [2.75, 3.05) is 5.32 Å². The van der Waals surface area contributed by atoms with E-state index in [2.05, 4.69) is 27.5 Å². The number of carbonyl (C=O) groups is 1. The lowest BCUT2D eigenvalue weighted by Crippen LogP contribution is -2.41. The van der Waals surface area contributed by atoms with Crippen molar-refractivity contribution in [3.8, 4) is 0 Å². The first-order chi connectivity index (χ1) is 12.0. The van der Waals surface area contributed by atoms with Crippen LogP contribution in [0.1, 0.15) is 54.4 Å². The van der Waals surface area contributed by atoms with E-state index in [-0.39, 0.29) is 5.91 Å². The highest BCUT2D eigenvalue weighted by molar-refractivity contribution is 5.94.